The number of aromatic nitrogens is 1. The first kappa shape index (κ1) is 19.1. The average molecular weight is 398 g/mol. The van der Waals surface area contributed by atoms with E-state index in [4.69, 9.17) is 11.6 Å². The van der Waals surface area contributed by atoms with Crippen LogP contribution in [0.2, 0.25) is 5.02 Å². The summed E-state index contributed by atoms with van der Waals surface area (Å²) in [5.74, 6) is 0.155. The van der Waals surface area contributed by atoms with Gasteiger partial charge in [0.2, 0.25) is 0 Å². The smallest absolute Gasteiger partial charge is 0.163 e. The Balaban J connectivity index is 1.47. The number of carbonyl (C=O) groups is 1. The number of rotatable bonds is 6. The number of benzene rings is 3. The molecule has 0 radical (unpaired) electrons. The molecule has 4 aromatic rings. The average Bonchev–Trinajstić information content (AvgIpc) is 2.76. The van der Waals surface area contributed by atoms with E-state index in [1.165, 1.54) is 5.56 Å². The second-order valence-electron chi connectivity index (χ2n) is 6.94. The fourth-order valence-electron chi connectivity index (χ4n) is 3.24. The van der Waals surface area contributed by atoms with Crippen LogP contribution in [0.5, 0.6) is 0 Å². The van der Waals surface area contributed by atoms with Crippen LogP contribution in [-0.4, -0.2) is 10.8 Å². The van der Waals surface area contributed by atoms with Gasteiger partial charge in [-0.2, -0.15) is 0 Å². The molecule has 29 heavy (non-hydrogen) atoms. The molecule has 0 aliphatic carbocycles. The Kier molecular flexibility index (Phi) is 5.83. The normalized spacial score (nSPS) is 11.2. The van der Waals surface area contributed by atoms with Crippen molar-refractivity contribution in [1.29, 1.82) is 0 Å². The molecule has 0 amide bonds. The van der Waals surface area contributed by atoms with E-state index >= 15 is 0 Å². The summed E-state index contributed by atoms with van der Waals surface area (Å²) in [4.78, 5) is 17.2. The quantitative estimate of drug-likeness (QED) is 0.332. The van der Waals surface area contributed by atoms with Gasteiger partial charge in [0.25, 0.3) is 0 Å². The van der Waals surface area contributed by atoms with Gasteiger partial charge in [-0.05, 0) is 47.9 Å². The summed E-state index contributed by atoms with van der Waals surface area (Å²) in [5.41, 5.74) is 4.61. The third kappa shape index (κ3) is 4.98. The Morgan fingerprint density at radius 2 is 1.69 bits per heavy atom. The summed E-state index contributed by atoms with van der Waals surface area (Å²) >= 11 is 6.07. The maximum atomic E-state index is 12.6. The van der Waals surface area contributed by atoms with Crippen molar-refractivity contribution < 1.29 is 4.79 Å². The minimum absolute atomic E-state index is 0.155. The van der Waals surface area contributed by atoms with Gasteiger partial charge in [-0.25, -0.2) is 4.98 Å². The van der Waals surface area contributed by atoms with Crippen LogP contribution in [0.25, 0.3) is 23.1 Å². The predicted molar refractivity (Wildman–Crippen MR) is 121 cm³/mol. The van der Waals surface area contributed by atoms with Gasteiger partial charge < -0.3 is 0 Å². The Hall–Kier alpha value is -3.23. The number of Topliss-reactive ketones (excluding diaryl/α,β-unsaturated/α-hetero) is 1. The van der Waals surface area contributed by atoms with Gasteiger partial charge in [-0.15, -0.1) is 0 Å². The molecule has 0 N–H and O–H groups in total. The second-order valence-corrected chi connectivity index (χ2v) is 7.38. The Labute approximate surface area is 175 Å². The van der Waals surface area contributed by atoms with Crippen LogP contribution in [-0.2, 0) is 6.42 Å². The van der Waals surface area contributed by atoms with E-state index in [1.807, 2.05) is 84.9 Å². The van der Waals surface area contributed by atoms with E-state index < -0.39 is 0 Å². The monoisotopic (exact) mass is 397 g/mol. The van der Waals surface area contributed by atoms with Crippen molar-refractivity contribution in [2.45, 2.75) is 12.8 Å². The molecular weight excluding hydrogens is 378 g/mol. The van der Waals surface area contributed by atoms with Crippen LogP contribution in [0, 0.1) is 0 Å². The molecule has 0 unspecified atom stereocenters. The Morgan fingerprint density at radius 3 is 2.55 bits per heavy atom. The van der Waals surface area contributed by atoms with E-state index in [9.17, 15) is 4.79 Å². The van der Waals surface area contributed by atoms with Gasteiger partial charge in [0, 0.05) is 22.4 Å². The summed E-state index contributed by atoms with van der Waals surface area (Å²) in [6.45, 7) is 0. The van der Waals surface area contributed by atoms with Crippen molar-refractivity contribution in [3.05, 3.63) is 112 Å². The van der Waals surface area contributed by atoms with Crippen molar-refractivity contribution in [3.63, 3.8) is 0 Å². The lowest BCUT2D eigenvalue weighted by molar-refractivity contribution is 0.0983. The topological polar surface area (TPSA) is 30.0 Å². The van der Waals surface area contributed by atoms with E-state index in [2.05, 4.69) is 17.1 Å². The number of pyridine rings is 1. The van der Waals surface area contributed by atoms with Gasteiger partial charge >= 0.3 is 0 Å². The van der Waals surface area contributed by atoms with Crippen LogP contribution in [0.4, 0.5) is 0 Å². The molecule has 0 fully saturated rings. The Bertz CT molecular complexity index is 1180. The molecule has 4 rings (SSSR count). The highest BCUT2D eigenvalue weighted by Crippen LogP contribution is 2.19. The van der Waals surface area contributed by atoms with Gasteiger partial charge in [0.05, 0.1) is 11.2 Å². The zero-order chi connectivity index (χ0) is 20.1. The number of hydrogen-bond donors (Lipinski definition) is 0. The number of hydrogen-bond acceptors (Lipinski definition) is 2. The number of nitrogens with zero attached hydrogens (tertiary/aromatic N) is 1. The van der Waals surface area contributed by atoms with E-state index in [0.29, 0.717) is 11.4 Å². The number of ketones is 1. The standard InChI is InChI=1S/C26H20ClNO/c27-23-13-11-21-12-15-24(28-25(21)18-23)14-9-20-7-4-8-22(17-20)26(29)16-10-19-5-2-1-3-6-19/h1-9,11-15,17-18H,10,16H2. The van der Waals surface area contributed by atoms with Crippen molar-refractivity contribution >= 4 is 40.4 Å². The lowest BCUT2D eigenvalue weighted by Gasteiger charge is -2.03. The fraction of sp³-hybridized carbons (Fsp3) is 0.0769. The molecule has 0 atom stereocenters. The van der Waals surface area contributed by atoms with Crippen molar-refractivity contribution in [3.8, 4) is 0 Å². The number of fused-ring (bicyclic) bond motifs is 1. The van der Waals surface area contributed by atoms with Crippen molar-refractivity contribution in [1.82, 2.24) is 4.98 Å². The fourth-order valence-corrected chi connectivity index (χ4v) is 3.41. The molecule has 3 heteroatoms. The maximum Gasteiger partial charge on any atom is 0.163 e. The molecule has 0 bridgehead atoms. The molecule has 0 saturated heterocycles. The molecule has 0 spiro atoms. The van der Waals surface area contributed by atoms with Crippen molar-refractivity contribution in [2.24, 2.45) is 0 Å². The lowest BCUT2D eigenvalue weighted by Crippen LogP contribution is -2.01. The summed E-state index contributed by atoms with van der Waals surface area (Å²) in [6.07, 6.45) is 5.19. The minimum Gasteiger partial charge on any atom is -0.294 e. The van der Waals surface area contributed by atoms with Gasteiger partial charge in [-0.3, -0.25) is 4.79 Å². The first-order chi connectivity index (χ1) is 14.2. The largest absolute Gasteiger partial charge is 0.294 e. The summed E-state index contributed by atoms with van der Waals surface area (Å²) < 4.78 is 0. The van der Waals surface area contributed by atoms with E-state index in [0.717, 1.165) is 34.1 Å². The first-order valence-electron chi connectivity index (χ1n) is 9.59. The summed E-state index contributed by atoms with van der Waals surface area (Å²) in [5, 5.41) is 1.73. The zero-order valence-corrected chi connectivity index (χ0v) is 16.6. The number of aryl methyl sites for hydroxylation is 1. The van der Waals surface area contributed by atoms with Crippen LogP contribution >= 0.6 is 11.6 Å². The molecule has 1 heterocycles. The maximum absolute atomic E-state index is 12.6. The highest BCUT2D eigenvalue weighted by atomic mass is 35.5. The molecule has 0 saturated carbocycles. The molecule has 2 nitrogen and oxygen atoms in total. The second kappa shape index (κ2) is 8.85. The molecule has 0 aliphatic rings. The van der Waals surface area contributed by atoms with Gasteiger partial charge in [-0.1, -0.05) is 78.3 Å². The van der Waals surface area contributed by atoms with Crippen LogP contribution in [0.3, 0.4) is 0 Å². The first-order valence-corrected chi connectivity index (χ1v) is 9.97. The van der Waals surface area contributed by atoms with Crippen LogP contribution in [0.1, 0.15) is 33.6 Å². The highest BCUT2D eigenvalue weighted by Gasteiger charge is 2.06. The highest BCUT2D eigenvalue weighted by molar-refractivity contribution is 6.31. The third-order valence-corrected chi connectivity index (χ3v) is 5.05. The summed E-state index contributed by atoms with van der Waals surface area (Å²) in [6, 6.07) is 27.5. The van der Waals surface area contributed by atoms with Gasteiger partial charge in [0.1, 0.15) is 0 Å². The van der Waals surface area contributed by atoms with Crippen LogP contribution in [0.15, 0.2) is 84.9 Å². The molecule has 1 aromatic heterocycles. The molecule has 142 valence electrons. The van der Waals surface area contributed by atoms with Gasteiger partial charge in [0.15, 0.2) is 5.78 Å². The molecular formula is C26H20ClNO. The number of halogens is 1. The lowest BCUT2D eigenvalue weighted by atomic mass is 10.0. The SMILES string of the molecule is O=C(CCc1ccccc1)c1cccc(C=Cc2ccc3ccc(Cl)cc3n2)c1. The van der Waals surface area contributed by atoms with Crippen LogP contribution < -0.4 is 0 Å². The minimum atomic E-state index is 0.155. The van der Waals surface area contributed by atoms with Crippen molar-refractivity contribution in [2.75, 3.05) is 0 Å². The van der Waals surface area contributed by atoms with E-state index in [-0.39, 0.29) is 5.78 Å². The predicted octanol–water partition coefficient (Wildman–Crippen LogP) is 6.87. The molecule has 3 aromatic carbocycles. The Morgan fingerprint density at radius 1 is 0.862 bits per heavy atom. The van der Waals surface area contributed by atoms with E-state index in [1.54, 1.807) is 0 Å². The zero-order valence-electron chi connectivity index (χ0n) is 15.9. The molecule has 0 aliphatic heterocycles. The third-order valence-electron chi connectivity index (χ3n) is 4.81. The summed E-state index contributed by atoms with van der Waals surface area (Å²) in [7, 11) is 0. The number of carbonyl (C=O) groups excluding carboxylic acids is 1.